The molecule has 1 rings (SSSR count). The molecule has 0 aromatic heterocycles. The van der Waals surface area contributed by atoms with E-state index in [9.17, 15) is 4.79 Å². The Hall–Kier alpha value is -1.86. The second kappa shape index (κ2) is 7.46. The molecule has 94 valence electrons. The number of ether oxygens (including phenoxy) is 1. The van der Waals surface area contributed by atoms with Gasteiger partial charge in [-0.25, -0.2) is 4.79 Å². The average Bonchev–Trinajstić information content (AvgIpc) is 2.37. The maximum absolute atomic E-state index is 10.5. The van der Waals surface area contributed by atoms with Crippen molar-refractivity contribution in [2.45, 2.75) is 6.42 Å². The van der Waals surface area contributed by atoms with Crippen LogP contribution in [0.25, 0.3) is 6.08 Å². The van der Waals surface area contributed by atoms with Gasteiger partial charge in [0, 0.05) is 29.4 Å². The van der Waals surface area contributed by atoms with E-state index in [0.717, 1.165) is 23.8 Å². The first-order valence-corrected chi connectivity index (χ1v) is 5.99. The van der Waals surface area contributed by atoms with E-state index in [-0.39, 0.29) is 0 Å². The van der Waals surface area contributed by atoms with Crippen LogP contribution >= 0.6 is 12.6 Å². The summed E-state index contributed by atoms with van der Waals surface area (Å²) in [4.78, 5) is 10.5. The van der Waals surface area contributed by atoms with Crippen LogP contribution in [0.3, 0.4) is 0 Å². The minimum atomic E-state index is -0.997. The Morgan fingerprint density at radius 1 is 1.56 bits per heavy atom. The summed E-state index contributed by atoms with van der Waals surface area (Å²) in [6.07, 6.45) is 3.28. The van der Waals surface area contributed by atoms with E-state index >= 15 is 0 Å². The molecule has 4 heteroatoms. The first-order valence-electron chi connectivity index (χ1n) is 5.36. The van der Waals surface area contributed by atoms with Crippen LogP contribution in [0, 0.1) is 11.8 Å². The number of thiol groups is 1. The van der Waals surface area contributed by atoms with E-state index in [4.69, 9.17) is 9.84 Å². The third kappa shape index (κ3) is 4.56. The highest BCUT2D eigenvalue weighted by Gasteiger charge is 2.01. The lowest BCUT2D eigenvalue weighted by atomic mass is 10.1. The number of carboxylic acid groups (broad SMARTS) is 1. The lowest BCUT2D eigenvalue weighted by molar-refractivity contribution is -0.131. The fourth-order valence-electron chi connectivity index (χ4n) is 1.32. The summed E-state index contributed by atoms with van der Waals surface area (Å²) < 4.78 is 5.15. The van der Waals surface area contributed by atoms with E-state index in [2.05, 4.69) is 24.5 Å². The molecule has 0 aliphatic carbocycles. The molecule has 0 heterocycles. The van der Waals surface area contributed by atoms with E-state index in [0.29, 0.717) is 11.3 Å². The van der Waals surface area contributed by atoms with Crippen molar-refractivity contribution in [3.05, 3.63) is 35.4 Å². The molecule has 18 heavy (non-hydrogen) atoms. The highest BCUT2D eigenvalue weighted by atomic mass is 32.1. The Morgan fingerprint density at radius 2 is 2.33 bits per heavy atom. The second-order valence-corrected chi connectivity index (χ2v) is 3.85. The number of rotatable bonds is 4. The maximum atomic E-state index is 10.5. The van der Waals surface area contributed by atoms with Crippen LogP contribution in [0.15, 0.2) is 24.3 Å². The third-order valence-electron chi connectivity index (χ3n) is 2.10. The number of hydrogen-bond donors (Lipinski definition) is 2. The molecular weight excluding hydrogens is 248 g/mol. The van der Waals surface area contributed by atoms with Crippen molar-refractivity contribution in [3.63, 3.8) is 0 Å². The van der Waals surface area contributed by atoms with E-state index < -0.39 is 5.97 Å². The van der Waals surface area contributed by atoms with Crippen molar-refractivity contribution in [1.29, 1.82) is 0 Å². The van der Waals surface area contributed by atoms with Gasteiger partial charge in [-0.15, -0.1) is 0 Å². The van der Waals surface area contributed by atoms with Crippen LogP contribution in [-0.2, 0) is 4.79 Å². The molecular formula is C14H14O3S. The van der Waals surface area contributed by atoms with Crippen molar-refractivity contribution >= 4 is 24.7 Å². The quantitative estimate of drug-likeness (QED) is 0.498. The molecule has 1 aromatic carbocycles. The molecule has 1 N–H and O–H groups in total. The third-order valence-corrected chi connectivity index (χ3v) is 2.33. The lowest BCUT2D eigenvalue weighted by Crippen LogP contribution is -1.90. The zero-order valence-electron chi connectivity index (χ0n) is 10.0. The number of benzene rings is 1. The van der Waals surface area contributed by atoms with Gasteiger partial charge in [0.1, 0.15) is 5.75 Å². The Kier molecular flexibility index (Phi) is 5.89. The van der Waals surface area contributed by atoms with Gasteiger partial charge in [-0.05, 0) is 24.3 Å². The molecule has 0 saturated carbocycles. The van der Waals surface area contributed by atoms with Crippen molar-refractivity contribution in [3.8, 4) is 17.6 Å². The van der Waals surface area contributed by atoms with Crippen LogP contribution in [0.2, 0.25) is 0 Å². The Labute approximate surface area is 112 Å². The van der Waals surface area contributed by atoms with Gasteiger partial charge in [0.2, 0.25) is 0 Å². The molecule has 0 bridgehead atoms. The van der Waals surface area contributed by atoms with Gasteiger partial charge >= 0.3 is 5.97 Å². The number of aliphatic carboxylic acids is 1. The number of carboxylic acids is 1. The molecule has 0 unspecified atom stereocenters. The van der Waals surface area contributed by atoms with Crippen molar-refractivity contribution in [2.24, 2.45) is 0 Å². The van der Waals surface area contributed by atoms with Crippen LogP contribution in [0.1, 0.15) is 17.5 Å². The number of hydrogen-bond acceptors (Lipinski definition) is 3. The Morgan fingerprint density at radius 3 is 2.94 bits per heavy atom. The van der Waals surface area contributed by atoms with Crippen molar-refractivity contribution < 1.29 is 14.6 Å². The Bertz CT molecular complexity index is 510. The van der Waals surface area contributed by atoms with Gasteiger partial charge in [-0.1, -0.05) is 11.8 Å². The van der Waals surface area contributed by atoms with Gasteiger partial charge in [0.05, 0.1) is 7.11 Å². The zero-order valence-corrected chi connectivity index (χ0v) is 10.9. The van der Waals surface area contributed by atoms with Gasteiger partial charge in [0.15, 0.2) is 0 Å². The van der Waals surface area contributed by atoms with Crippen LogP contribution in [0.4, 0.5) is 0 Å². The zero-order chi connectivity index (χ0) is 13.4. The van der Waals surface area contributed by atoms with Crippen LogP contribution in [0.5, 0.6) is 5.75 Å². The summed E-state index contributed by atoms with van der Waals surface area (Å²) in [5.74, 6) is 6.30. The summed E-state index contributed by atoms with van der Waals surface area (Å²) in [6.45, 7) is 0. The molecule has 0 saturated heterocycles. The van der Waals surface area contributed by atoms with Crippen LogP contribution < -0.4 is 4.74 Å². The highest BCUT2D eigenvalue weighted by molar-refractivity contribution is 7.80. The van der Waals surface area contributed by atoms with Gasteiger partial charge in [-0.3, -0.25) is 0 Å². The smallest absolute Gasteiger partial charge is 0.328 e. The summed E-state index contributed by atoms with van der Waals surface area (Å²) in [6, 6.07) is 5.40. The monoisotopic (exact) mass is 262 g/mol. The molecule has 0 fully saturated rings. The fourth-order valence-corrected chi connectivity index (χ4v) is 1.44. The van der Waals surface area contributed by atoms with Crippen molar-refractivity contribution in [1.82, 2.24) is 0 Å². The lowest BCUT2D eigenvalue weighted by Gasteiger charge is -2.04. The predicted octanol–water partition coefficient (Wildman–Crippen LogP) is 2.46. The average molecular weight is 262 g/mol. The molecule has 0 spiro atoms. The largest absolute Gasteiger partial charge is 0.496 e. The minimum absolute atomic E-state index is 0.618. The predicted molar refractivity (Wildman–Crippen MR) is 75.0 cm³/mol. The van der Waals surface area contributed by atoms with Gasteiger partial charge in [0.25, 0.3) is 0 Å². The maximum Gasteiger partial charge on any atom is 0.328 e. The van der Waals surface area contributed by atoms with E-state index in [1.165, 1.54) is 6.08 Å². The molecule has 0 amide bonds. The number of methoxy groups -OCH3 is 1. The fraction of sp³-hybridized carbons (Fsp3) is 0.214. The molecule has 0 atom stereocenters. The summed E-state index contributed by atoms with van der Waals surface area (Å²) in [5.41, 5.74) is 1.51. The highest BCUT2D eigenvalue weighted by Crippen LogP contribution is 2.21. The van der Waals surface area contributed by atoms with E-state index in [1.807, 2.05) is 6.07 Å². The topological polar surface area (TPSA) is 46.5 Å². The standard InChI is InChI=1S/C14H14O3S/c1-17-13-7-5-11(4-2-3-9-18)10-12(13)6-8-14(15)16/h5-8,10,18H,3,9H2,1H3,(H,15,16)/b8-6+. The first-order chi connectivity index (χ1) is 8.67. The molecule has 0 radical (unpaired) electrons. The van der Waals surface area contributed by atoms with Crippen molar-refractivity contribution in [2.75, 3.05) is 12.9 Å². The first kappa shape index (κ1) is 14.2. The number of carbonyl (C=O) groups is 1. The summed E-state index contributed by atoms with van der Waals surface area (Å²) in [5, 5.41) is 8.62. The Balaban J connectivity index is 3.02. The van der Waals surface area contributed by atoms with Gasteiger partial charge < -0.3 is 9.84 Å². The molecule has 3 nitrogen and oxygen atoms in total. The minimum Gasteiger partial charge on any atom is -0.496 e. The van der Waals surface area contributed by atoms with E-state index in [1.54, 1.807) is 19.2 Å². The van der Waals surface area contributed by atoms with Crippen LogP contribution in [-0.4, -0.2) is 23.9 Å². The molecule has 1 aromatic rings. The normalized spacial score (nSPS) is 9.89. The SMILES string of the molecule is COc1ccc(C#CCCS)cc1/C=C/C(=O)O. The summed E-state index contributed by atoms with van der Waals surface area (Å²) in [7, 11) is 1.54. The molecule has 0 aliphatic rings. The summed E-state index contributed by atoms with van der Waals surface area (Å²) >= 11 is 4.08. The van der Waals surface area contributed by atoms with Gasteiger partial charge in [-0.2, -0.15) is 12.6 Å². The molecule has 0 aliphatic heterocycles. The second-order valence-electron chi connectivity index (χ2n) is 3.40.